The first-order valence-electron chi connectivity index (χ1n) is 82.6. The molecule has 0 saturated heterocycles. The Morgan fingerprint density at radius 3 is 0.841 bits per heavy atom. The van der Waals surface area contributed by atoms with Gasteiger partial charge in [-0.2, -0.15) is 0 Å². The van der Waals surface area contributed by atoms with Crippen LogP contribution in [0.15, 0.2) is 533 Å². The van der Waals surface area contributed by atoms with Gasteiger partial charge in [-0.25, -0.2) is 0 Å². The van der Waals surface area contributed by atoms with Crippen molar-refractivity contribution in [3.05, 3.63) is 520 Å². The SMILES string of the molecule is [2H]c1c(-c2c3c([2H])ccc([2H])c3c(-c3c([2H])c([2H])c(-c4c([2H])c([2H])c5c([2H])c([2H])c([2H])c([2H])c5c4[2H])c4c([2H])c([2H])c([2H])c([2H])c34)c3c([2H])c([2H])c([2H])c([2H])c23)c([2H])c2c(oc3c4c([2H])c([2H])c([2H])c([2H])c4c([2H])c([2H])c32)c1[2H].[2H]c1c(-c2c3c([2H])ccc([2H])c3c(-c3ccc(-c4c([2H])c([2H])c([2H])c5c([2H])c([2H])c([2H])c([2H])c45)c4c([2H])c([2H])c([2H])c([2H])c34)c3c([2H])c([2H])c([2H])c([2H])c23)c([2H])c2c(oc3c4c([2H])c([2H])c([2H])c([2H])c4c([2H])c([2H])c32)c1[2H].[2H]c1c([2H])c([2H])c(-c2c([2H])c([2H])c(-c3c4c([2H])ccc([2H])c4c(-c4c([2H])c([2H])c5oc6c7c([2H])c([2H])c([2H])c([2H])c7c([2H])c([2H])c6c5c4[2H])c4c([2H])c([2H])c([2H])c([2H])c34)c([2H])c2[2H])c([2H])c1[2H]. The molecule has 0 aliphatic heterocycles. The molecule has 0 bridgehead atoms. The van der Waals surface area contributed by atoms with E-state index < -0.39 is 728 Å². The Morgan fingerprint density at radius 1 is 0.124 bits per heavy atom. The smallest absolute Gasteiger partial charge is 0.143 e. The Labute approximate surface area is 944 Å². The normalized spacial score (nSPS) is 19.4. The summed E-state index contributed by atoms with van der Waals surface area (Å²) in [6.45, 7) is 0. The Bertz CT molecular complexity index is 16000. The number of hydrogen-bond acceptors (Lipinski definition) is 3. The number of rotatable bonds is 9. The number of benzene rings is 28. The predicted molar refractivity (Wildman–Crippen MR) is 618 cm³/mol. The number of furan rings is 3. The maximum absolute atomic E-state index is 9.91. The van der Waals surface area contributed by atoms with Crippen LogP contribution in [0, 0.1) is 0 Å². The lowest BCUT2D eigenvalue weighted by atomic mass is 9.83. The van der Waals surface area contributed by atoms with E-state index in [0.29, 0.717) is 0 Å². The lowest BCUT2D eigenvalue weighted by Gasteiger charge is -2.20. The molecule has 3 heterocycles. The lowest BCUT2D eigenvalue weighted by Crippen LogP contribution is -1.92. The Kier molecular flexibility index (Phi) is 8.54. The summed E-state index contributed by atoms with van der Waals surface area (Å²) in [4.78, 5) is 0. The van der Waals surface area contributed by atoms with Crippen LogP contribution in [0.5, 0.6) is 0 Å². The molecule has 672 valence electrons. The molecule has 3 heteroatoms. The molecule has 0 saturated carbocycles. The standard InChI is InChI=1S/2C50H30O.C42H26O/c1-3-15-34-31(12-1)14-11-23-36(34)39-27-28-44(38-18-6-5-17-37(38)39)49-42-21-9-7-19-40(42)48(41-20-8-10-22-43(41)49)33-25-29-47-46(30-33)45-26-24-32-13-2-4-16-35(32)50(45)51-47;1-2-13-33-29-34(22-21-31(33)11-1)36-26-27-44(39-16-6-5-15-38(36)39)49-42-19-9-7-17-40(42)48(41-18-8-10-20-43(41)49)35-24-28-47-46(30-35)45-25-23-32-12-3-4-14-37(32)50(45)51-47;1-2-10-27(11-3-1)28-18-20-30(21-19-28)40-33-14-6-8-16-35(33)41(36-17-9-7-15-34(36)40)31-23-25-39-38(26-31)37-24-22-29-12-4-5-13-32(29)42(37)43-39/h2*1-30H;1-26H/i1D,2D,3D,4D,5D,6D,7D,9D,11D,12D,13D,14D,15D,16D,17D,18D,19D,20D,21D,22D,23D,24D,25D,26D,29D,30D;1D,2D,3D,4D,5D,6D,7D,9D,11D,12D,13D,14D,15D,16D,17D,18D,19D,20D,21D,22D,23D,24D,25D,26D,27D,28D,29D,30D;1D,2D,3D,4D,5D,6D,8D,10D,11D,12D,13D,14D,15D,16D,17D,18D,19D,20D,21D,22D,23D,24D,25D,26D. The molecule has 0 N–H and O–H groups in total. The van der Waals surface area contributed by atoms with Crippen molar-refractivity contribution in [2.45, 2.75) is 0 Å². The van der Waals surface area contributed by atoms with Crippen LogP contribution in [0.1, 0.15) is 107 Å². The molecule has 3 aromatic heterocycles. The fourth-order valence-electron chi connectivity index (χ4n) is 18.4. The van der Waals surface area contributed by atoms with Gasteiger partial charge >= 0.3 is 0 Å². The zero-order valence-electron chi connectivity index (χ0n) is 151. The first-order chi connectivity index (χ1) is 104. The van der Waals surface area contributed by atoms with Gasteiger partial charge in [-0.15, -0.1) is 0 Å². The molecule has 0 fully saturated rings. The molecule has 31 aromatic rings. The Hall–Kier alpha value is -19.1. The molecule has 0 unspecified atom stereocenters. The van der Waals surface area contributed by atoms with E-state index in [4.69, 9.17) is 76.3 Å². The first-order valence-corrected chi connectivity index (χ1v) is 43.6. The third kappa shape index (κ3) is 13.6. The predicted octanol–water partition coefficient (Wildman–Crippen LogP) is 40.8. The third-order valence-corrected chi connectivity index (χ3v) is 24.6. The van der Waals surface area contributed by atoms with Gasteiger partial charge in [-0.05, 0) is 284 Å². The summed E-state index contributed by atoms with van der Waals surface area (Å²) in [5.41, 5.74) is -13.1. The van der Waals surface area contributed by atoms with Crippen LogP contribution in [0.4, 0.5) is 0 Å². The van der Waals surface area contributed by atoms with Crippen molar-refractivity contribution in [2.75, 3.05) is 0 Å². The molecular formula is C142H86O3. The second-order valence-electron chi connectivity index (χ2n) is 32.3. The molecule has 0 radical (unpaired) electrons. The van der Waals surface area contributed by atoms with Crippen LogP contribution >= 0.6 is 0 Å². The second kappa shape index (κ2) is 33.9. The largest absolute Gasteiger partial charge is 0.455 e. The van der Waals surface area contributed by atoms with Gasteiger partial charge in [0.05, 0.1) is 107 Å². The highest BCUT2D eigenvalue weighted by Crippen LogP contribution is 2.54. The van der Waals surface area contributed by atoms with Gasteiger partial charge in [0.1, 0.15) is 33.5 Å². The van der Waals surface area contributed by atoms with E-state index in [1.807, 2.05) is 0 Å². The van der Waals surface area contributed by atoms with Crippen molar-refractivity contribution in [2.24, 2.45) is 0 Å². The molecule has 0 spiro atoms. The first kappa shape index (κ1) is 36.5. The van der Waals surface area contributed by atoms with Crippen molar-refractivity contribution >= 4 is 206 Å². The van der Waals surface area contributed by atoms with Gasteiger partial charge in [0.25, 0.3) is 0 Å². The van der Waals surface area contributed by atoms with Crippen LogP contribution in [0.3, 0.4) is 0 Å². The van der Waals surface area contributed by atoms with Crippen LogP contribution in [0.2, 0.25) is 0 Å². The van der Waals surface area contributed by atoms with Crippen LogP contribution in [0.25, 0.3) is 306 Å². The summed E-state index contributed by atoms with van der Waals surface area (Å²) in [5, 5.41) is -15.2. The second-order valence-corrected chi connectivity index (χ2v) is 32.3. The topological polar surface area (TPSA) is 39.4 Å². The highest BCUT2D eigenvalue weighted by molar-refractivity contribution is 6.30. The van der Waals surface area contributed by atoms with Crippen molar-refractivity contribution in [3.8, 4) is 100 Å². The van der Waals surface area contributed by atoms with Gasteiger partial charge in [0.15, 0.2) is 0 Å². The monoisotopic (exact) mass is 1920 g/mol. The van der Waals surface area contributed by atoms with E-state index in [1.54, 1.807) is 0 Å². The fraction of sp³-hybridized carbons (Fsp3) is 0. The van der Waals surface area contributed by atoms with Gasteiger partial charge in [0, 0.05) is 48.5 Å². The fourth-order valence-corrected chi connectivity index (χ4v) is 18.4. The highest BCUT2D eigenvalue weighted by Gasteiger charge is 2.27. The van der Waals surface area contributed by atoms with Crippen LogP contribution in [-0.2, 0) is 0 Å². The maximum atomic E-state index is 9.91. The van der Waals surface area contributed by atoms with Crippen molar-refractivity contribution < 1.29 is 120 Å². The summed E-state index contributed by atoms with van der Waals surface area (Å²) in [6.07, 6.45) is 0. The summed E-state index contributed by atoms with van der Waals surface area (Å²) in [7, 11) is 0. The van der Waals surface area contributed by atoms with Crippen molar-refractivity contribution in [1.82, 2.24) is 0 Å². The Balaban J connectivity index is 0.000000142. The molecular weight excluding hydrogens is 1750 g/mol. The quantitative estimate of drug-likeness (QED) is 0.135. The molecule has 3 nitrogen and oxygen atoms in total. The van der Waals surface area contributed by atoms with E-state index in [2.05, 4.69) is 0 Å². The minimum atomic E-state index is -1.04. The van der Waals surface area contributed by atoms with Crippen LogP contribution in [-0.4, -0.2) is 0 Å². The molecule has 0 atom stereocenters. The Morgan fingerprint density at radius 2 is 0.400 bits per heavy atom. The highest BCUT2D eigenvalue weighted by atomic mass is 16.3. The maximum Gasteiger partial charge on any atom is 0.143 e. The minimum Gasteiger partial charge on any atom is -0.455 e. The number of fused-ring (bicyclic) bond motifs is 25. The molecule has 0 aliphatic rings. The van der Waals surface area contributed by atoms with Gasteiger partial charge < -0.3 is 13.3 Å². The zero-order chi connectivity index (χ0) is 163. The molecule has 28 aromatic carbocycles. The third-order valence-electron chi connectivity index (χ3n) is 24.6. The lowest BCUT2D eigenvalue weighted by molar-refractivity contribution is 0.672. The average Bonchev–Trinajstić information content (AvgIpc) is 1.66. The number of hydrogen-bond donors (Lipinski definition) is 0. The molecule has 145 heavy (non-hydrogen) atoms. The average molecular weight is 1920 g/mol. The van der Waals surface area contributed by atoms with E-state index in [1.165, 1.54) is 12.1 Å². The van der Waals surface area contributed by atoms with Crippen LogP contribution < -0.4 is 0 Å². The van der Waals surface area contributed by atoms with Gasteiger partial charge in [-0.3, -0.25) is 0 Å². The van der Waals surface area contributed by atoms with E-state index in [9.17, 15) is 43.9 Å². The van der Waals surface area contributed by atoms with Crippen molar-refractivity contribution in [1.29, 1.82) is 0 Å². The van der Waals surface area contributed by atoms with Gasteiger partial charge in [0.2, 0.25) is 0 Å². The van der Waals surface area contributed by atoms with E-state index in [0.717, 1.165) is 36.4 Å². The van der Waals surface area contributed by atoms with Gasteiger partial charge in [-0.1, -0.05) is 459 Å². The molecule has 0 aliphatic carbocycles. The zero-order valence-corrected chi connectivity index (χ0v) is 72.8. The van der Waals surface area contributed by atoms with E-state index in [-0.39, 0.29) is 49.0 Å². The molecule has 0 amide bonds. The minimum absolute atomic E-state index is 0.268. The van der Waals surface area contributed by atoms with Crippen molar-refractivity contribution in [3.63, 3.8) is 0 Å². The summed E-state index contributed by atoms with van der Waals surface area (Å²) in [6, 6.07) is -53.1. The molecule has 31 rings (SSSR count). The van der Waals surface area contributed by atoms with E-state index >= 15 is 0 Å². The summed E-state index contributed by atoms with van der Waals surface area (Å²) in [5.74, 6) is 0. The summed E-state index contributed by atoms with van der Waals surface area (Å²) < 4.78 is 721. The summed E-state index contributed by atoms with van der Waals surface area (Å²) >= 11 is 0.